The minimum atomic E-state index is -0.193. The number of rotatable bonds is 1. The molecular formula is C10H14N4O3. The summed E-state index contributed by atoms with van der Waals surface area (Å²) in [7, 11) is 0. The Balaban J connectivity index is 1.99. The molecule has 0 radical (unpaired) electrons. The van der Waals surface area contributed by atoms with Crippen molar-refractivity contribution < 1.29 is 14.4 Å². The van der Waals surface area contributed by atoms with Gasteiger partial charge in [-0.1, -0.05) is 0 Å². The summed E-state index contributed by atoms with van der Waals surface area (Å²) < 4.78 is 0. The molecule has 2 N–H and O–H groups in total. The first kappa shape index (κ1) is 11.6. The third-order valence-electron chi connectivity index (χ3n) is 2.75. The van der Waals surface area contributed by atoms with E-state index in [-0.39, 0.29) is 24.1 Å². The molecule has 2 aliphatic heterocycles. The number of hydrogen-bond acceptors (Lipinski definition) is 4. The molecule has 0 atom stereocenters. The third-order valence-corrected chi connectivity index (χ3v) is 2.75. The summed E-state index contributed by atoms with van der Waals surface area (Å²) >= 11 is 0. The Bertz CT molecular complexity index is 391. The van der Waals surface area contributed by atoms with Crippen molar-refractivity contribution >= 4 is 23.4 Å². The maximum Gasteiger partial charge on any atom is 0.270 e. The Morgan fingerprint density at radius 1 is 1.12 bits per heavy atom. The van der Waals surface area contributed by atoms with Crippen LogP contribution < -0.4 is 10.7 Å². The van der Waals surface area contributed by atoms with Gasteiger partial charge in [-0.3, -0.25) is 14.4 Å². The Morgan fingerprint density at radius 2 is 1.94 bits per heavy atom. The lowest BCUT2D eigenvalue weighted by molar-refractivity contribution is -0.124. The first-order chi connectivity index (χ1) is 8.16. The molecule has 1 fully saturated rings. The average molecular weight is 238 g/mol. The first-order valence-electron chi connectivity index (χ1n) is 5.58. The molecule has 2 rings (SSSR count). The van der Waals surface area contributed by atoms with Crippen LogP contribution in [0.25, 0.3) is 0 Å². The number of carbonyl (C=O) groups is 3. The van der Waals surface area contributed by atoms with Crippen LogP contribution in [0.5, 0.6) is 0 Å². The topological polar surface area (TPSA) is 90.9 Å². The predicted molar refractivity (Wildman–Crippen MR) is 59.0 cm³/mol. The molecule has 0 aliphatic carbocycles. The third kappa shape index (κ3) is 2.80. The molecule has 0 spiro atoms. The van der Waals surface area contributed by atoms with Crippen LogP contribution in [0.3, 0.4) is 0 Å². The number of nitrogens with zero attached hydrogens (tertiary/aromatic N) is 2. The van der Waals surface area contributed by atoms with Gasteiger partial charge in [0.15, 0.2) is 0 Å². The van der Waals surface area contributed by atoms with Gasteiger partial charge in [0, 0.05) is 38.9 Å². The Hall–Kier alpha value is -1.92. The van der Waals surface area contributed by atoms with Gasteiger partial charge in [0.05, 0.1) is 0 Å². The maximum absolute atomic E-state index is 12.0. The smallest absolute Gasteiger partial charge is 0.270 e. The van der Waals surface area contributed by atoms with Crippen molar-refractivity contribution in [3.63, 3.8) is 0 Å². The van der Waals surface area contributed by atoms with E-state index in [1.807, 2.05) is 0 Å². The summed E-state index contributed by atoms with van der Waals surface area (Å²) in [5.41, 5.74) is 2.66. The molecule has 0 unspecified atom stereocenters. The van der Waals surface area contributed by atoms with Crippen LogP contribution in [-0.4, -0.2) is 48.0 Å². The Morgan fingerprint density at radius 3 is 2.65 bits per heavy atom. The fourth-order valence-electron chi connectivity index (χ4n) is 1.78. The van der Waals surface area contributed by atoms with Crippen LogP contribution >= 0.6 is 0 Å². The van der Waals surface area contributed by atoms with E-state index in [0.717, 1.165) is 0 Å². The molecule has 0 aromatic carbocycles. The second-order valence-electron chi connectivity index (χ2n) is 3.99. The zero-order chi connectivity index (χ0) is 12.3. The van der Waals surface area contributed by atoms with Crippen molar-refractivity contribution in [3.05, 3.63) is 0 Å². The first-order valence-corrected chi connectivity index (χ1v) is 5.58. The summed E-state index contributed by atoms with van der Waals surface area (Å²) in [4.78, 5) is 35.7. The molecule has 17 heavy (non-hydrogen) atoms. The second kappa shape index (κ2) is 4.94. The molecule has 0 saturated carbocycles. The van der Waals surface area contributed by atoms with Gasteiger partial charge in [-0.25, -0.2) is 5.43 Å². The Kier molecular flexibility index (Phi) is 3.36. The van der Waals surface area contributed by atoms with E-state index in [0.29, 0.717) is 38.2 Å². The largest absolute Gasteiger partial charge is 0.354 e. The highest BCUT2D eigenvalue weighted by molar-refractivity contribution is 6.39. The lowest BCUT2D eigenvalue weighted by Gasteiger charge is -2.21. The van der Waals surface area contributed by atoms with Gasteiger partial charge in [-0.05, 0) is 0 Å². The van der Waals surface area contributed by atoms with Crippen molar-refractivity contribution in [2.45, 2.75) is 19.3 Å². The number of hydrogen-bond donors (Lipinski definition) is 2. The van der Waals surface area contributed by atoms with E-state index in [1.165, 1.54) is 0 Å². The van der Waals surface area contributed by atoms with Crippen LogP contribution in [0, 0.1) is 0 Å². The lowest BCUT2D eigenvalue weighted by Crippen LogP contribution is -2.41. The predicted octanol–water partition coefficient (Wildman–Crippen LogP) is -1.40. The SMILES string of the molecule is O=C1CCN(C(=O)C2=NNC(=O)CC2)CCN1. The number of hydrazone groups is 1. The highest BCUT2D eigenvalue weighted by Crippen LogP contribution is 2.05. The second-order valence-corrected chi connectivity index (χ2v) is 3.99. The quantitative estimate of drug-likeness (QED) is 0.588. The Labute approximate surface area is 98.2 Å². The van der Waals surface area contributed by atoms with Crippen molar-refractivity contribution in [3.8, 4) is 0 Å². The molecule has 0 aromatic heterocycles. The molecule has 0 bridgehead atoms. The molecule has 3 amide bonds. The normalized spacial score (nSPS) is 21.2. The van der Waals surface area contributed by atoms with Gasteiger partial charge >= 0.3 is 0 Å². The molecule has 7 heteroatoms. The van der Waals surface area contributed by atoms with Gasteiger partial charge in [0.25, 0.3) is 5.91 Å². The van der Waals surface area contributed by atoms with E-state index in [9.17, 15) is 14.4 Å². The number of carbonyl (C=O) groups excluding carboxylic acids is 3. The maximum atomic E-state index is 12.0. The molecule has 92 valence electrons. The summed E-state index contributed by atoms with van der Waals surface area (Å²) in [6.07, 6.45) is 0.962. The zero-order valence-corrected chi connectivity index (χ0v) is 9.36. The molecule has 0 aromatic rings. The lowest BCUT2D eigenvalue weighted by atomic mass is 10.1. The molecule has 2 aliphatic rings. The standard InChI is InChI=1S/C10H14N4O3/c15-8-3-5-14(6-4-11-8)10(17)7-1-2-9(16)13-12-7/h1-6H2,(H,11,15)(H,13,16). The zero-order valence-electron chi connectivity index (χ0n) is 9.36. The fraction of sp³-hybridized carbons (Fsp3) is 0.600. The van der Waals surface area contributed by atoms with Gasteiger partial charge in [0.1, 0.15) is 5.71 Å². The van der Waals surface area contributed by atoms with Gasteiger partial charge in [-0.2, -0.15) is 5.10 Å². The highest BCUT2D eigenvalue weighted by atomic mass is 16.2. The number of amides is 3. The fourth-order valence-corrected chi connectivity index (χ4v) is 1.78. The van der Waals surface area contributed by atoms with Crippen LogP contribution in [-0.2, 0) is 14.4 Å². The van der Waals surface area contributed by atoms with Crippen molar-refractivity contribution in [1.82, 2.24) is 15.6 Å². The van der Waals surface area contributed by atoms with Gasteiger partial charge in [-0.15, -0.1) is 0 Å². The van der Waals surface area contributed by atoms with Crippen molar-refractivity contribution in [2.75, 3.05) is 19.6 Å². The minimum absolute atomic E-state index is 0.0424. The molecular weight excluding hydrogens is 224 g/mol. The van der Waals surface area contributed by atoms with E-state index in [1.54, 1.807) is 4.90 Å². The van der Waals surface area contributed by atoms with Crippen LogP contribution in [0.15, 0.2) is 5.10 Å². The van der Waals surface area contributed by atoms with Gasteiger partial charge in [0.2, 0.25) is 11.8 Å². The summed E-state index contributed by atoms with van der Waals surface area (Å²) in [5, 5.41) is 6.45. The van der Waals surface area contributed by atoms with E-state index in [4.69, 9.17) is 0 Å². The van der Waals surface area contributed by atoms with Crippen molar-refractivity contribution in [1.29, 1.82) is 0 Å². The van der Waals surface area contributed by atoms with E-state index >= 15 is 0 Å². The summed E-state index contributed by atoms with van der Waals surface area (Å²) in [5.74, 6) is -0.407. The molecule has 7 nitrogen and oxygen atoms in total. The van der Waals surface area contributed by atoms with E-state index < -0.39 is 0 Å². The number of nitrogens with one attached hydrogen (secondary N) is 2. The van der Waals surface area contributed by atoms with Crippen LogP contribution in [0.1, 0.15) is 19.3 Å². The van der Waals surface area contributed by atoms with E-state index in [2.05, 4.69) is 15.8 Å². The molecule has 1 saturated heterocycles. The van der Waals surface area contributed by atoms with Crippen LogP contribution in [0.2, 0.25) is 0 Å². The highest BCUT2D eigenvalue weighted by Gasteiger charge is 2.25. The average Bonchev–Trinajstić information content (AvgIpc) is 2.54. The van der Waals surface area contributed by atoms with Crippen molar-refractivity contribution in [2.24, 2.45) is 5.10 Å². The van der Waals surface area contributed by atoms with Gasteiger partial charge < -0.3 is 10.2 Å². The monoisotopic (exact) mass is 238 g/mol. The van der Waals surface area contributed by atoms with Crippen LogP contribution in [0.4, 0.5) is 0 Å². The summed E-state index contributed by atoms with van der Waals surface area (Å²) in [6, 6.07) is 0. The summed E-state index contributed by atoms with van der Waals surface area (Å²) in [6.45, 7) is 1.35. The molecule has 2 heterocycles. The minimum Gasteiger partial charge on any atom is -0.354 e.